The number of carbonyl (C=O) groups excluding carboxylic acids is 1. The number of anilines is 1. The van der Waals surface area contributed by atoms with Gasteiger partial charge in [0.25, 0.3) is 6.43 Å². The molecule has 1 N–H and O–H groups in total. The molecule has 2 rings (SSSR count). The second-order valence-electron chi connectivity index (χ2n) is 5.67. The third kappa shape index (κ3) is 4.29. The Hall–Kier alpha value is -2.67. The predicted molar refractivity (Wildman–Crippen MR) is 93.0 cm³/mol. The minimum Gasteiger partial charge on any atom is -0.488 e. The van der Waals surface area contributed by atoms with Crippen LogP contribution in [0.1, 0.15) is 35.6 Å². The molecule has 0 aliphatic rings. The van der Waals surface area contributed by atoms with Crippen LogP contribution in [0.3, 0.4) is 0 Å². The van der Waals surface area contributed by atoms with E-state index in [1.807, 2.05) is 6.92 Å². The molecule has 5 nitrogen and oxygen atoms in total. The summed E-state index contributed by atoms with van der Waals surface area (Å²) in [5, 5.41) is 10.3. The molecule has 0 atom stereocenters. The molecule has 0 fully saturated rings. The van der Waals surface area contributed by atoms with Crippen molar-refractivity contribution in [3.05, 3.63) is 58.7 Å². The maximum atomic E-state index is 13.3. The molecule has 0 bridgehead atoms. The van der Waals surface area contributed by atoms with E-state index in [-0.39, 0.29) is 23.6 Å². The Morgan fingerprint density at radius 3 is 2.62 bits per heavy atom. The highest BCUT2D eigenvalue weighted by Gasteiger charge is 2.20. The number of nitrogens with zero attached hydrogens (tertiary/aromatic N) is 1. The number of hydroxylamine groups is 1. The van der Waals surface area contributed by atoms with Crippen LogP contribution < -0.4 is 9.80 Å². The standard InChI is InChI=1S/C19H21F2NO4/c1-4-13-8-9-17(14(10-13)18(20)21)26-11-15-12(2)6-5-7-16(15)22(24)19(23)25-3/h5-10,18,24H,4,11H2,1-3H3. The first-order valence-electron chi connectivity index (χ1n) is 8.08. The van der Waals surface area contributed by atoms with E-state index in [1.54, 1.807) is 25.1 Å². The Morgan fingerprint density at radius 1 is 1.27 bits per heavy atom. The molecular weight excluding hydrogens is 344 g/mol. The fourth-order valence-electron chi connectivity index (χ4n) is 2.53. The molecule has 2 aromatic carbocycles. The Bertz CT molecular complexity index is 780. The van der Waals surface area contributed by atoms with Crippen molar-refractivity contribution in [3.8, 4) is 5.75 Å². The van der Waals surface area contributed by atoms with Gasteiger partial charge in [-0.25, -0.2) is 13.6 Å². The summed E-state index contributed by atoms with van der Waals surface area (Å²) in [4.78, 5) is 11.6. The van der Waals surface area contributed by atoms with E-state index in [2.05, 4.69) is 4.74 Å². The fourth-order valence-corrected chi connectivity index (χ4v) is 2.53. The van der Waals surface area contributed by atoms with Crippen LogP contribution in [-0.4, -0.2) is 18.4 Å². The highest BCUT2D eigenvalue weighted by molar-refractivity contribution is 5.86. The minimum absolute atomic E-state index is 0.0639. The van der Waals surface area contributed by atoms with E-state index < -0.39 is 12.5 Å². The summed E-state index contributed by atoms with van der Waals surface area (Å²) in [5.41, 5.74) is 1.99. The van der Waals surface area contributed by atoms with Gasteiger partial charge >= 0.3 is 6.09 Å². The van der Waals surface area contributed by atoms with Crippen molar-refractivity contribution in [1.29, 1.82) is 0 Å². The van der Waals surface area contributed by atoms with Gasteiger partial charge in [0, 0.05) is 5.56 Å². The van der Waals surface area contributed by atoms with E-state index in [9.17, 15) is 18.8 Å². The molecule has 0 radical (unpaired) electrons. The topological polar surface area (TPSA) is 59.0 Å². The first kappa shape index (κ1) is 19.7. The molecule has 0 heterocycles. The van der Waals surface area contributed by atoms with Crippen molar-refractivity contribution in [2.45, 2.75) is 33.3 Å². The summed E-state index contributed by atoms with van der Waals surface area (Å²) < 4.78 is 36.7. The van der Waals surface area contributed by atoms with Gasteiger partial charge in [-0.15, -0.1) is 0 Å². The zero-order chi connectivity index (χ0) is 19.3. The smallest absolute Gasteiger partial charge is 0.438 e. The number of alkyl halides is 2. The summed E-state index contributed by atoms with van der Waals surface area (Å²) in [7, 11) is 1.14. The highest BCUT2D eigenvalue weighted by Crippen LogP contribution is 2.32. The van der Waals surface area contributed by atoms with Crippen LogP contribution in [0.5, 0.6) is 5.75 Å². The van der Waals surface area contributed by atoms with E-state index in [4.69, 9.17) is 4.74 Å². The van der Waals surface area contributed by atoms with Crippen molar-refractivity contribution < 1.29 is 28.3 Å². The van der Waals surface area contributed by atoms with Gasteiger partial charge in [0.15, 0.2) is 0 Å². The summed E-state index contributed by atoms with van der Waals surface area (Å²) in [6, 6.07) is 9.59. The lowest BCUT2D eigenvalue weighted by molar-refractivity contribution is 0.140. The minimum atomic E-state index is -2.67. The number of methoxy groups -OCH3 is 1. The monoisotopic (exact) mass is 365 g/mol. The summed E-state index contributed by atoms with van der Waals surface area (Å²) in [5.74, 6) is 0.0639. The van der Waals surface area contributed by atoms with E-state index in [0.717, 1.165) is 18.2 Å². The molecule has 0 saturated heterocycles. The van der Waals surface area contributed by atoms with Crippen LogP contribution in [0.15, 0.2) is 36.4 Å². The van der Waals surface area contributed by atoms with Crippen molar-refractivity contribution in [3.63, 3.8) is 0 Å². The molecule has 26 heavy (non-hydrogen) atoms. The summed E-state index contributed by atoms with van der Waals surface area (Å²) in [6.45, 7) is 3.55. The number of benzene rings is 2. The highest BCUT2D eigenvalue weighted by atomic mass is 19.3. The van der Waals surface area contributed by atoms with Gasteiger partial charge in [-0.05, 0) is 42.7 Å². The van der Waals surface area contributed by atoms with Gasteiger partial charge in [0.1, 0.15) is 12.4 Å². The zero-order valence-corrected chi connectivity index (χ0v) is 14.8. The zero-order valence-electron chi connectivity index (χ0n) is 14.8. The van der Waals surface area contributed by atoms with E-state index in [1.165, 1.54) is 18.2 Å². The fraction of sp³-hybridized carbons (Fsp3) is 0.316. The van der Waals surface area contributed by atoms with E-state index >= 15 is 0 Å². The van der Waals surface area contributed by atoms with Crippen LogP contribution in [0.2, 0.25) is 0 Å². The normalized spacial score (nSPS) is 10.7. The van der Waals surface area contributed by atoms with Gasteiger partial charge in [-0.3, -0.25) is 5.21 Å². The van der Waals surface area contributed by atoms with Crippen molar-refractivity contribution in [2.24, 2.45) is 0 Å². The molecule has 0 unspecified atom stereocenters. The lowest BCUT2D eigenvalue weighted by Crippen LogP contribution is -2.28. The molecule has 0 aliphatic heterocycles. The third-order valence-electron chi connectivity index (χ3n) is 4.05. The Morgan fingerprint density at radius 2 is 2.00 bits per heavy atom. The SMILES string of the molecule is CCc1ccc(OCc2c(C)cccc2N(O)C(=O)OC)c(C(F)F)c1. The maximum Gasteiger partial charge on any atom is 0.438 e. The largest absolute Gasteiger partial charge is 0.488 e. The summed E-state index contributed by atoms with van der Waals surface area (Å²) in [6.07, 6.45) is -2.99. The van der Waals surface area contributed by atoms with Gasteiger partial charge in [0.05, 0.1) is 18.4 Å². The Balaban J connectivity index is 2.32. The van der Waals surface area contributed by atoms with Crippen molar-refractivity contribution >= 4 is 11.8 Å². The van der Waals surface area contributed by atoms with Crippen molar-refractivity contribution in [1.82, 2.24) is 0 Å². The van der Waals surface area contributed by atoms with Crippen LogP contribution >= 0.6 is 0 Å². The Kier molecular flexibility index (Phi) is 6.52. The van der Waals surface area contributed by atoms with Gasteiger partial charge in [-0.1, -0.05) is 25.1 Å². The van der Waals surface area contributed by atoms with Gasteiger partial charge in [-0.2, -0.15) is 5.06 Å². The Labute approximate surface area is 150 Å². The summed E-state index contributed by atoms with van der Waals surface area (Å²) >= 11 is 0. The second-order valence-corrected chi connectivity index (χ2v) is 5.67. The molecule has 7 heteroatoms. The number of ether oxygens (including phenoxy) is 2. The number of carbonyl (C=O) groups is 1. The number of rotatable bonds is 6. The predicted octanol–water partition coefficient (Wildman–Crippen LogP) is 5.04. The number of hydrogen-bond donors (Lipinski definition) is 1. The molecular formula is C19H21F2NO4. The third-order valence-corrected chi connectivity index (χ3v) is 4.05. The molecule has 0 saturated carbocycles. The maximum absolute atomic E-state index is 13.3. The number of aryl methyl sites for hydroxylation is 2. The first-order chi connectivity index (χ1) is 12.4. The molecule has 2 aromatic rings. The van der Waals surface area contributed by atoms with Crippen LogP contribution in [0.4, 0.5) is 19.3 Å². The van der Waals surface area contributed by atoms with Crippen LogP contribution in [0.25, 0.3) is 0 Å². The van der Waals surface area contributed by atoms with Crippen molar-refractivity contribution in [2.75, 3.05) is 12.2 Å². The molecule has 0 aliphatic carbocycles. The lowest BCUT2D eigenvalue weighted by atomic mass is 10.1. The quantitative estimate of drug-likeness (QED) is 0.576. The number of hydrogen-bond acceptors (Lipinski definition) is 4. The van der Waals surface area contributed by atoms with Gasteiger partial charge < -0.3 is 9.47 Å². The van der Waals surface area contributed by atoms with Crippen LogP contribution in [0, 0.1) is 6.92 Å². The lowest BCUT2D eigenvalue weighted by Gasteiger charge is -2.20. The number of amides is 1. The van der Waals surface area contributed by atoms with Gasteiger partial charge in [0.2, 0.25) is 0 Å². The second kappa shape index (κ2) is 8.62. The first-order valence-corrected chi connectivity index (χ1v) is 8.08. The average molecular weight is 365 g/mol. The molecule has 0 spiro atoms. The molecule has 1 amide bonds. The number of halogens is 2. The van der Waals surface area contributed by atoms with Crippen LogP contribution in [-0.2, 0) is 17.8 Å². The molecule has 140 valence electrons. The molecule has 0 aromatic heterocycles. The average Bonchev–Trinajstić information content (AvgIpc) is 2.65. The van der Waals surface area contributed by atoms with E-state index in [0.29, 0.717) is 17.0 Å².